The molecule has 0 aromatic heterocycles. The number of hydrogen-bond donors (Lipinski definition) is 0. The van der Waals surface area contributed by atoms with Crippen molar-refractivity contribution in [2.45, 2.75) is 0 Å². The third-order valence-corrected chi connectivity index (χ3v) is 11.7. The van der Waals surface area contributed by atoms with Gasteiger partial charge >= 0.3 is 166 Å². The van der Waals surface area contributed by atoms with Crippen LogP contribution in [0.3, 0.4) is 0 Å². The van der Waals surface area contributed by atoms with E-state index in [0.717, 1.165) is 15.9 Å². The van der Waals surface area contributed by atoms with Crippen LogP contribution in [-0.4, -0.2) is 0 Å². The van der Waals surface area contributed by atoms with Crippen molar-refractivity contribution in [2.75, 3.05) is 0 Å². The van der Waals surface area contributed by atoms with Crippen LogP contribution in [0.2, 0.25) is 15.1 Å². The van der Waals surface area contributed by atoms with E-state index < -0.39 is 5.31 Å². The molecule has 0 fully saturated rings. The third-order valence-electron chi connectivity index (χ3n) is 3.84. The summed E-state index contributed by atoms with van der Waals surface area (Å²) in [5, 5.41) is 0.602. The fourth-order valence-electron chi connectivity index (χ4n) is 2.56. The summed E-state index contributed by atoms with van der Waals surface area (Å²) in [5.74, 6) is 0. The van der Waals surface area contributed by atoms with Crippen LogP contribution in [0, 0.1) is 0 Å². The van der Waals surface area contributed by atoms with E-state index in [0.29, 0.717) is 15.1 Å². The van der Waals surface area contributed by atoms with E-state index in [1.54, 1.807) is 36.4 Å². The standard InChI is InChI=1S/C18H12Cl5P/c19-13-1-7-16(8-2-13)24(22,23,17-9-3-14(20)4-10-17)18-11-5-15(21)6-12-18/h1-12H. The van der Waals surface area contributed by atoms with Crippen molar-refractivity contribution < 1.29 is 0 Å². The van der Waals surface area contributed by atoms with Gasteiger partial charge in [0.15, 0.2) is 0 Å². The van der Waals surface area contributed by atoms with E-state index in [4.69, 9.17) is 57.3 Å². The van der Waals surface area contributed by atoms with Crippen molar-refractivity contribution in [1.29, 1.82) is 0 Å². The second kappa shape index (κ2) is 6.69. The fraction of sp³-hybridized carbons (Fsp3) is 0. The van der Waals surface area contributed by atoms with Gasteiger partial charge in [-0.1, -0.05) is 0 Å². The van der Waals surface area contributed by atoms with Crippen molar-refractivity contribution in [1.82, 2.24) is 0 Å². The van der Waals surface area contributed by atoms with Gasteiger partial charge in [0.1, 0.15) is 0 Å². The molecule has 24 heavy (non-hydrogen) atoms. The maximum absolute atomic E-state index is 7.29. The molecule has 0 spiro atoms. The molecule has 0 saturated heterocycles. The van der Waals surface area contributed by atoms with Crippen LogP contribution in [0.4, 0.5) is 0 Å². The van der Waals surface area contributed by atoms with Crippen LogP contribution in [0.25, 0.3) is 0 Å². The van der Waals surface area contributed by atoms with Crippen LogP contribution in [0.5, 0.6) is 0 Å². The Morgan fingerprint density at radius 2 is 0.625 bits per heavy atom. The Labute approximate surface area is 165 Å². The van der Waals surface area contributed by atoms with E-state index in [9.17, 15) is 0 Å². The van der Waals surface area contributed by atoms with Crippen molar-refractivity contribution in [3.63, 3.8) is 0 Å². The summed E-state index contributed by atoms with van der Waals surface area (Å²) in [4.78, 5) is 0. The molecule has 3 aromatic rings. The number of hydrogen-bond acceptors (Lipinski definition) is 0. The molecule has 0 unspecified atom stereocenters. The topological polar surface area (TPSA) is 0 Å². The molecule has 0 heterocycles. The Morgan fingerprint density at radius 3 is 0.833 bits per heavy atom. The molecule has 0 aliphatic carbocycles. The predicted octanol–water partition coefficient (Wildman–Crippen LogP) is 6.78. The van der Waals surface area contributed by atoms with Crippen LogP contribution < -0.4 is 15.9 Å². The van der Waals surface area contributed by atoms with Gasteiger partial charge in [-0.25, -0.2) is 0 Å². The summed E-state index contributed by atoms with van der Waals surface area (Å²) in [6.45, 7) is 0. The molecule has 0 atom stereocenters. The van der Waals surface area contributed by atoms with Crippen LogP contribution in [0.15, 0.2) is 72.8 Å². The summed E-state index contributed by atoms with van der Waals surface area (Å²) in [6.07, 6.45) is 0. The van der Waals surface area contributed by atoms with Gasteiger partial charge in [-0.3, -0.25) is 0 Å². The van der Waals surface area contributed by atoms with Gasteiger partial charge in [0.2, 0.25) is 0 Å². The summed E-state index contributed by atoms with van der Waals surface area (Å²) in [6, 6.07) is 21.9. The molecule has 3 rings (SSSR count). The van der Waals surface area contributed by atoms with Gasteiger partial charge in [-0.15, -0.1) is 0 Å². The van der Waals surface area contributed by atoms with Gasteiger partial charge in [0, 0.05) is 0 Å². The Hall–Kier alpha value is -0.460. The van der Waals surface area contributed by atoms with E-state index in [1.165, 1.54) is 0 Å². The molecule has 6 heteroatoms. The molecule has 0 aliphatic heterocycles. The normalized spacial score (nSPS) is 13.3. The molecule has 0 nitrogen and oxygen atoms in total. The van der Waals surface area contributed by atoms with Crippen molar-refractivity contribution in [3.05, 3.63) is 87.9 Å². The van der Waals surface area contributed by atoms with Crippen LogP contribution in [0.1, 0.15) is 0 Å². The van der Waals surface area contributed by atoms with E-state index in [1.807, 2.05) is 36.4 Å². The quantitative estimate of drug-likeness (QED) is 0.397. The molecule has 0 N–H and O–H groups in total. The van der Waals surface area contributed by atoms with Crippen molar-refractivity contribution in [3.8, 4) is 0 Å². The van der Waals surface area contributed by atoms with E-state index >= 15 is 0 Å². The zero-order valence-electron chi connectivity index (χ0n) is 12.3. The van der Waals surface area contributed by atoms with Crippen molar-refractivity contribution in [2.24, 2.45) is 0 Å². The molecule has 3 aromatic carbocycles. The maximum atomic E-state index is 7.29. The second-order valence-electron chi connectivity index (χ2n) is 5.34. The summed E-state index contributed by atoms with van der Waals surface area (Å²) < 4.78 is 0. The molecular weight excluding hydrogens is 424 g/mol. The Kier molecular flexibility index (Phi) is 5.11. The number of halogens is 5. The average molecular weight is 437 g/mol. The first-order chi connectivity index (χ1) is 11.3. The van der Waals surface area contributed by atoms with E-state index in [2.05, 4.69) is 0 Å². The summed E-state index contributed by atoms with van der Waals surface area (Å²) >= 11 is 32.7. The summed E-state index contributed by atoms with van der Waals surface area (Å²) in [5.41, 5.74) is 0. The minimum absolute atomic E-state index is 0.623. The van der Waals surface area contributed by atoms with Gasteiger partial charge in [-0.2, -0.15) is 0 Å². The van der Waals surface area contributed by atoms with Crippen molar-refractivity contribution >= 4 is 78.5 Å². The molecule has 124 valence electrons. The predicted molar refractivity (Wildman–Crippen MR) is 112 cm³/mol. The molecule has 0 saturated carbocycles. The van der Waals surface area contributed by atoms with Gasteiger partial charge in [0.05, 0.1) is 0 Å². The van der Waals surface area contributed by atoms with Gasteiger partial charge in [-0.05, 0) is 0 Å². The monoisotopic (exact) mass is 434 g/mol. The Bertz CT molecular complexity index is 738. The third kappa shape index (κ3) is 3.17. The Balaban J connectivity index is 2.33. The van der Waals surface area contributed by atoms with Crippen LogP contribution in [-0.2, 0) is 0 Å². The molecule has 0 radical (unpaired) electrons. The zero-order chi connectivity index (χ0) is 17.4. The molecular formula is C18H12Cl5P. The van der Waals surface area contributed by atoms with Gasteiger partial charge < -0.3 is 0 Å². The Morgan fingerprint density at radius 1 is 0.417 bits per heavy atom. The first kappa shape index (κ1) is 18.3. The first-order valence-corrected chi connectivity index (χ1v) is 12.2. The second-order valence-corrected chi connectivity index (χ2v) is 14.6. The fourth-order valence-corrected chi connectivity index (χ4v) is 7.87. The number of rotatable bonds is 3. The first-order valence-electron chi connectivity index (χ1n) is 7.04. The average Bonchev–Trinajstić information content (AvgIpc) is 2.56. The minimum atomic E-state index is -3.68. The molecule has 0 aliphatic rings. The van der Waals surface area contributed by atoms with Gasteiger partial charge in [0.25, 0.3) is 0 Å². The summed E-state index contributed by atoms with van der Waals surface area (Å²) in [7, 11) is 0. The van der Waals surface area contributed by atoms with Crippen LogP contribution >= 0.6 is 62.6 Å². The number of benzene rings is 3. The SMILES string of the molecule is Clc1ccc(P(Cl)(Cl)(c2ccc(Cl)cc2)c2ccc(Cl)cc2)cc1. The molecule has 0 amide bonds. The zero-order valence-corrected chi connectivity index (χ0v) is 16.9. The van der Waals surface area contributed by atoms with E-state index in [-0.39, 0.29) is 0 Å². The molecule has 0 bridgehead atoms.